The first-order chi connectivity index (χ1) is 8.51. The lowest BCUT2D eigenvalue weighted by atomic mass is 9.92. The smallest absolute Gasteiger partial charge is 0.387 e. The minimum Gasteiger partial charge on any atom is -0.435 e. The Morgan fingerprint density at radius 1 is 1.44 bits per heavy atom. The normalized spacial score (nSPS) is 14.6. The van der Waals surface area contributed by atoms with Crippen LogP contribution in [0.5, 0.6) is 5.75 Å². The van der Waals surface area contributed by atoms with Gasteiger partial charge in [-0.05, 0) is 37.6 Å². The summed E-state index contributed by atoms with van der Waals surface area (Å²) in [5, 5.41) is 12.7. The molecule has 0 saturated carbocycles. The van der Waals surface area contributed by atoms with Crippen molar-refractivity contribution in [1.29, 1.82) is 0 Å². The largest absolute Gasteiger partial charge is 0.435 e. The summed E-state index contributed by atoms with van der Waals surface area (Å²) in [6.45, 7) is 1.61. The summed E-state index contributed by atoms with van der Waals surface area (Å²) in [5.74, 6) is 0.0977. The zero-order valence-electron chi connectivity index (χ0n) is 10.6. The van der Waals surface area contributed by atoms with Gasteiger partial charge in [0.05, 0.1) is 12.1 Å². The van der Waals surface area contributed by atoms with Crippen molar-refractivity contribution < 1.29 is 18.6 Å². The first-order valence-corrected chi connectivity index (χ1v) is 5.93. The van der Waals surface area contributed by atoms with E-state index in [1.54, 1.807) is 12.1 Å². The summed E-state index contributed by atoms with van der Waals surface area (Å²) in [6, 6.07) is 6.39. The Kier molecular flexibility index (Phi) is 5.50. The Morgan fingerprint density at radius 3 is 2.72 bits per heavy atom. The van der Waals surface area contributed by atoms with Crippen molar-refractivity contribution in [1.82, 2.24) is 5.32 Å². The van der Waals surface area contributed by atoms with Crippen molar-refractivity contribution in [2.45, 2.75) is 32.4 Å². The van der Waals surface area contributed by atoms with E-state index in [4.69, 9.17) is 0 Å². The van der Waals surface area contributed by atoms with Gasteiger partial charge in [-0.15, -0.1) is 0 Å². The van der Waals surface area contributed by atoms with Crippen molar-refractivity contribution in [3.8, 4) is 5.75 Å². The van der Waals surface area contributed by atoms with Gasteiger partial charge in [-0.2, -0.15) is 8.78 Å². The molecule has 1 aromatic rings. The molecule has 1 rings (SSSR count). The highest BCUT2D eigenvalue weighted by atomic mass is 19.3. The average molecular weight is 259 g/mol. The molecular weight excluding hydrogens is 240 g/mol. The lowest BCUT2D eigenvalue weighted by Crippen LogP contribution is -2.43. The van der Waals surface area contributed by atoms with Crippen molar-refractivity contribution in [2.24, 2.45) is 0 Å². The Hall–Kier alpha value is -1.20. The molecule has 0 spiro atoms. The average Bonchev–Trinajstić information content (AvgIpc) is 2.35. The van der Waals surface area contributed by atoms with Crippen LogP contribution < -0.4 is 10.1 Å². The van der Waals surface area contributed by atoms with E-state index < -0.39 is 12.2 Å². The van der Waals surface area contributed by atoms with Crippen LogP contribution in [-0.4, -0.2) is 24.9 Å². The second-order valence-corrected chi connectivity index (χ2v) is 4.32. The number of rotatable bonds is 7. The zero-order valence-corrected chi connectivity index (χ0v) is 10.6. The lowest BCUT2D eigenvalue weighted by Gasteiger charge is -2.29. The molecule has 1 atom stereocenters. The zero-order chi connectivity index (χ0) is 13.6. The molecule has 3 nitrogen and oxygen atoms in total. The molecule has 0 saturated heterocycles. The number of halogens is 2. The minimum atomic E-state index is -2.84. The Morgan fingerprint density at radius 2 is 2.17 bits per heavy atom. The number of hydrogen-bond acceptors (Lipinski definition) is 3. The summed E-state index contributed by atoms with van der Waals surface area (Å²) in [7, 11) is 0. The molecule has 2 N–H and O–H groups in total. The summed E-state index contributed by atoms with van der Waals surface area (Å²) in [4.78, 5) is 0. The lowest BCUT2D eigenvalue weighted by molar-refractivity contribution is -0.0499. The third-order valence-electron chi connectivity index (χ3n) is 2.78. The van der Waals surface area contributed by atoms with Gasteiger partial charge in [0.2, 0.25) is 0 Å². The molecule has 0 heterocycles. The van der Waals surface area contributed by atoms with Crippen LogP contribution in [0.25, 0.3) is 0 Å². The van der Waals surface area contributed by atoms with E-state index in [2.05, 4.69) is 10.1 Å². The fourth-order valence-corrected chi connectivity index (χ4v) is 1.67. The van der Waals surface area contributed by atoms with Crippen LogP contribution in [-0.2, 0) is 5.54 Å². The van der Waals surface area contributed by atoms with Crippen LogP contribution in [0.2, 0.25) is 0 Å². The molecule has 0 fully saturated rings. The molecular formula is C13H19F2NO2. The highest BCUT2D eigenvalue weighted by molar-refractivity contribution is 5.33. The van der Waals surface area contributed by atoms with E-state index in [0.29, 0.717) is 0 Å². The molecule has 0 radical (unpaired) electrons. The Bertz CT molecular complexity index is 374. The number of alkyl halides is 2. The van der Waals surface area contributed by atoms with E-state index in [-0.39, 0.29) is 12.4 Å². The maximum atomic E-state index is 12.1. The number of benzene rings is 1. The van der Waals surface area contributed by atoms with Crippen LogP contribution in [0.1, 0.15) is 25.8 Å². The second-order valence-electron chi connectivity index (χ2n) is 4.32. The number of ether oxygens (including phenoxy) is 1. The third kappa shape index (κ3) is 3.92. The van der Waals surface area contributed by atoms with Crippen molar-refractivity contribution >= 4 is 0 Å². The topological polar surface area (TPSA) is 41.5 Å². The molecule has 102 valence electrons. The van der Waals surface area contributed by atoms with Gasteiger partial charge in [-0.1, -0.05) is 19.1 Å². The maximum Gasteiger partial charge on any atom is 0.387 e. The maximum absolute atomic E-state index is 12.1. The molecule has 1 aromatic carbocycles. The molecule has 5 heteroatoms. The number of hydrogen-bond donors (Lipinski definition) is 2. The van der Waals surface area contributed by atoms with Gasteiger partial charge in [0.15, 0.2) is 0 Å². The van der Waals surface area contributed by atoms with Crippen LogP contribution in [0.4, 0.5) is 8.78 Å². The van der Waals surface area contributed by atoms with E-state index in [1.165, 1.54) is 12.1 Å². The fraction of sp³-hybridized carbons (Fsp3) is 0.538. The number of aliphatic hydroxyl groups excluding tert-OH is 1. The molecule has 0 aliphatic rings. The molecule has 0 amide bonds. The first-order valence-electron chi connectivity index (χ1n) is 5.93. The first kappa shape index (κ1) is 14.9. The summed E-state index contributed by atoms with van der Waals surface area (Å²) < 4.78 is 28.6. The second kappa shape index (κ2) is 6.66. The standard InChI is InChI=1S/C13H19F2NO2/c1-3-7-16-13(2,9-17)10-5-4-6-11(8-10)18-12(14)15/h4-6,8,12,16-17H,3,7,9H2,1-2H3. The van der Waals surface area contributed by atoms with Crippen molar-refractivity contribution in [3.05, 3.63) is 29.8 Å². The van der Waals surface area contributed by atoms with Gasteiger partial charge >= 0.3 is 6.61 Å². The monoisotopic (exact) mass is 259 g/mol. The van der Waals surface area contributed by atoms with E-state index in [9.17, 15) is 13.9 Å². The molecule has 0 aromatic heterocycles. The van der Waals surface area contributed by atoms with Crippen molar-refractivity contribution in [3.63, 3.8) is 0 Å². The van der Waals surface area contributed by atoms with Crippen molar-refractivity contribution in [2.75, 3.05) is 13.2 Å². The molecule has 1 unspecified atom stereocenters. The van der Waals surface area contributed by atoms with Crippen LogP contribution in [0.15, 0.2) is 24.3 Å². The van der Waals surface area contributed by atoms with Crippen LogP contribution in [0, 0.1) is 0 Å². The molecule has 0 bridgehead atoms. The van der Waals surface area contributed by atoms with Crippen LogP contribution >= 0.6 is 0 Å². The van der Waals surface area contributed by atoms with Gasteiger partial charge < -0.3 is 15.2 Å². The highest BCUT2D eigenvalue weighted by Crippen LogP contribution is 2.25. The Balaban J connectivity index is 2.91. The Labute approximate surface area is 106 Å². The quantitative estimate of drug-likeness (QED) is 0.790. The van der Waals surface area contributed by atoms with E-state index >= 15 is 0 Å². The third-order valence-corrected chi connectivity index (χ3v) is 2.78. The van der Waals surface area contributed by atoms with Gasteiger partial charge in [-0.25, -0.2) is 0 Å². The summed E-state index contributed by atoms with van der Waals surface area (Å²) in [5.41, 5.74) is 0.0638. The predicted molar refractivity (Wildman–Crippen MR) is 65.8 cm³/mol. The predicted octanol–water partition coefficient (Wildman–Crippen LogP) is 2.50. The van der Waals surface area contributed by atoms with E-state index in [0.717, 1.165) is 18.5 Å². The van der Waals surface area contributed by atoms with Gasteiger partial charge in [0.1, 0.15) is 5.75 Å². The van der Waals surface area contributed by atoms with E-state index in [1.807, 2.05) is 13.8 Å². The summed E-state index contributed by atoms with van der Waals surface area (Å²) >= 11 is 0. The molecule has 18 heavy (non-hydrogen) atoms. The van der Waals surface area contributed by atoms with Gasteiger partial charge in [-0.3, -0.25) is 0 Å². The van der Waals surface area contributed by atoms with Gasteiger partial charge in [0, 0.05) is 0 Å². The number of aliphatic hydroxyl groups is 1. The van der Waals surface area contributed by atoms with Crippen LogP contribution in [0.3, 0.4) is 0 Å². The summed E-state index contributed by atoms with van der Waals surface area (Å²) in [6.07, 6.45) is 0.919. The minimum absolute atomic E-state index is 0.0977. The molecule has 0 aliphatic heterocycles. The number of nitrogens with one attached hydrogen (secondary N) is 1. The van der Waals surface area contributed by atoms with Gasteiger partial charge in [0.25, 0.3) is 0 Å². The highest BCUT2D eigenvalue weighted by Gasteiger charge is 2.25. The fourth-order valence-electron chi connectivity index (χ4n) is 1.67. The SMILES string of the molecule is CCCNC(C)(CO)c1cccc(OC(F)F)c1. The molecule has 0 aliphatic carbocycles.